The highest BCUT2D eigenvalue weighted by atomic mass is 35.5. The van der Waals surface area contributed by atoms with E-state index in [0.29, 0.717) is 22.0 Å². The van der Waals surface area contributed by atoms with Crippen LogP contribution in [0.15, 0.2) is 60.7 Å². The third-order valence-corrected chi connectivity index (χ3v) is 3.79. The molecule has 0 unspecified atom stereocenters. The maximum Gasteiger partial charge on any atom is 0.260 e. The van der Waals surface area contributed by atoms with Gasteiger partial charge in [0.05, 0.1) is 23.4 Å². The van der Waals surface area contributed by atoms with Crippen molar-refractivity contribution >= 4 is 34.0 Å². The molecule has 3 nitrogen and oxygen atoms in total. The van der Waals surface area contributed by atoms with E-state index < -0.39 is 0 Å². The van der Waals surface area contributed by atoms with E-state index in [1.807, 2.05) is 42.5 Å². The molecule has 3 rings (SSSR count). The molecule has 0 fully saturated rings. The van der Waals surface area contributed by atoms with E-state index in [-0.39, 0.29) is 5.91 Å². The summed E-state index contributed by atoms with van der Waals surface area (Å²) >= 11 is 6.10. The number of benzene rings is 3. The SMILES string of the molecule is COc1ccc2ccccc2c1C(=O)Nc1ccccc1Cl. The van der Waals surface area contributed by atoms with Crippen molar-refractivity contribution < 1.29 is 9.53 Å². The number of carbonyl (C=O) groups excluding carboxylic acids is 1. The zero-order chi connectivity index (χ0) is 15.5. The van der Waals surface area contributed by atoms with Crippen molar-refractivity contribution in [3.05, 3.63) is 71.2 Å². The molecule has 0 bridgehead atoms. The molecule has 0 heterocycles. The van der Waals surface area contributed by atoms with E-state index in [2.05, 4.69) is 5.32 Å². The fourth-order valence-electron chi connectivity index (χ4n) is 2.40. The average Bonchev–Trinajstić information content (AvgIpc) is 2.55. The normalized spacial score (nSPS) is 10.5. The zero-order valence-corrected chi connectivity index (χ0v) is 12.7. The van der Waals surface area contributed by atoms with Crippen LogP contribution in [0, 0.1) is 0 Å². The standard InChI is InChI=1S/C18H14ClNO2/c1-22-16-11-10-12-6-2-3-7-13(12)17(16)18(21)20-15-9-5-4-8-14(15)19/h2-11H,1H3,(H,20,21). The monoisotopic (exact) mass is 311 g/mol. The number of methoxy groups -OCH3 is 1. The van der Waals surface area contributed by atoms with Crippen molar-refractivity contribution in [1.82, 2.24) is 0 Å². The number of halogens is 1. The van der Waals surface area contributed by atoms with Gasteiger partial charge in [-0.1, -0.05) is 54.1 Å². The second kappa shape index (κ2) is 6.08. The Hall–Kier alpha value is -2.52. The molecule has 0 aromatic heterocycles. The van der Waals surface area contributed by atoms with Crippen LogP contribution < -0.4 is 10.1 Å². The summed E-state index contributed by atoms with van der Waals surface area (Å²) in [6.07, 6.45) is 0. The van der Waals surface area contributed by atoms with Gasteiger partial charge in [0.15, 0.2) is 0 Å². The number of amides is 1. The first-order chi connectivity index (χ1) is 10.7. The van der Waals surface area contributed by atoms with Gasteiger partial charge < -0.3 is 10.1 Å². The number of rotatable bonds is 3. The number of ether oxygens (including phenoxy) is 1. The molecule has 3 aromatic carbocycles. The molecule has 0 atom stereocenters. The Bertz CT molecular complexity index is 845. The minimum absolute atomic E-state index is 0.248. The van der Waals surface area contributed by atoms with Crippen molar-refractivity contribution in [2.75, 3.05) is 12.4 Å². The summed E-state index contributed by atoms with van der Waals surface area (Å²) in [6.45, 7) is 0. The first-order valence-electron chi connectivity index (χ1n) is 6.82. The molecular weight excluding hydrogens is 298 g/mol. The largest absolute Gasteiger partial charge is 0.496 e. The number of para-hydroxylation sites is 1. The van der Waals surface area contributed by atoms with Gasteiger partial charge in [-0.3, -0.25) is 4.79 Å². The Morgan fingerprint density at radius 2 is 1.73 bits per heavy atom. The number of anilines is 1. The molecule has 3 aromatic rings. The van der Waals surface area contributed by atoms with Crippen LogP contribution in [0.5, 0.6) is 5.75 Å². The molecule has 0 aliphatic carbocycles. The molecule has 0 radical (unpaired) electrons. The highest BCUT2D eigenvalue weighted by Crippen LogP contribution is 2.29. The van der Waals surface area contributed by atoms with Gasteiger partial charge in [0.2, 0.25) is 0 Å². The molecule has 1 N–H and O–H groups in total. The summed E-state index contributed by atoms with van der Waals surface area (Å²) < 4.78 is 5.35. The Balaban J connectivity index is 2.08. The Labute approximate surface area is 133 Å². The predicted molar refractivity (Wildman–Crippen MR) is 89.9 cm³/mol. The van der Waals surface area contributed by atoms with Gasteiger partial charge in [-0.25, -0.2) is 0 Å². The topological polar surface area (TPSA) is 38.3 Å². The van der Waals surface area contributed by atoms with Gasteiger partial charge in [-0.05, 0) is 29.0 Å². The smallest absolute Gasteiger partial charge is 0.260 e. The molecule has 0 aliphatic rings. The van der Waals surface area contributed by atoms with Crippen LogP contribution >= 0.6 is 11.6 Å². The lowest BCUT2D eigenvalue weighted by Gasteiger charge is -2.13. The summed E-state index contributed by atoms with van der Waals surface area (Å²) in [5.41, 5.74) is 1.07. The fourth-order valence-corrected chi connectivity index (χ4v) is 2.59. The minimum Gasteiger partial charge on any atom is -0.496 e. The van der Waals surface area contributed by atoms with Gasteiger partial charge in [-0.15, -0.1) is 0 Å². The molecule has 22 heavy (non-hydrogen) atoms. The highest BCUT2D eigenvalue weighted by molar-refractivity contribution is 6.34. The molecule has 4 heteroatoms. The van der Waals surface area contributed by atoms with Crippen LogP contribution in [0.1, 0.15) is 10.4 Å². The molecular formula is C18H14ClNO2. The summed E-state index contributed by atoms with van der Waals surface area (Å²) in [4.78, 5) is 12.7. The van der Waals surface area contributed by atoms with Crippen LogP contribution in [0.4, 0.5) is 5.69 Å². The van der Waals surface area contributed by atoms with Crippen molar-refractivity contribution in [1.29, 1.82) is 0 Å². The lowest BCUT2D eigenvalue weighted by atomic mass is 10.0. The molecule has 110 valence electrons. The van der Waals surface area contributed by atoms with E-state index in [4.69, 9.17) is 16.3 Å². The number of hydrogen-bond acceptors (Lipinski definition) is 2. The Kier molecular flexibility index (Phi) is 3.98. The minimum atomic E-state index is -0.248. The number of carbonyl (C=O) groups is 1. The predicted octanol–water partition coefficient (Wildman–Crippen LogP) is 4.75. The molecule has 0 saturated heterocycles. The van der Waals surface area contributed by atoms with Crippen LogP contribution in [0.25, 0.3) is 10.8 Å². The third-order valence-electron chi connectivity index (χ3n) is 3.46. The van der Waals surface area contributed by atoms with Crippen LogP contribution in [-0.4, -0.2) is 13.0 Å². The lowest BCUT2D eigenvalue weighted by Crippen LogP contribution is -2.14. The van der Waals surface area contributed by atoms with Gasteiger partial charge in [0.25, 0.3) is 5.91 Å². The first kappa shape index (κ1) is 14.4. The number of fused-ring (bicyclic) bond motifs is 1. The third kappa shape index (κ3) is 2.63. The molecule has 0 aliphatic heterocycles. The van der Waals surface area contributed by atoms with E-state index >= 15 is 0 Å². The van der Waals surface area contributed by atoms with Crippen molar-refractivity contribution in [3.8, 4) is 5.75 Å². The maximum absolute atomic E-state index is 12.7. The van der Waals surface area contributed by atoms with Crippen LogP contribution in [0.2, 0.25) is 5.02 Å². The quantitative estimate of drug-likeness (QED) is 0.757. The number of nitrogens with one attached hydrogen (secondary N) is 1. The van der Waals surface area contributed by atoms with E-state index in [9.17, 15) is 4.79 Å². The summed E-state index contributed by atoms with van der Waals surface area (Å²) in [7, 11) is 1.55. The average molecular weight is 312 g/mol. The Morgan fingerprint density at radius 1 is 1.00 bits per heavy atom. The molecule has 1 amide bonds. The second-order valence-corrected chi connectivity index (χ2v) is 5.21. The van der Waals surface area contributed by atoms with Gasteiger partial charge >= 0.3 is 0 Å². The van der Waals surface area contributed by atoms with Gasteiger partial charge in [0.1, 0.15) is 5.75 Å². The van der Waals surface area contributed by atoms with E-state index in [0.717, 1.165) is 10.8 Å². The van der Waals surface area contributed by atoms with Crippen molar-refractivity contribution in [2.24, 2.45) is 0 Å². The van der Waals surface area contributed by atoms with Crippen molar-refractivity contribution in [2.45, 2.75) is 0 Å². The maximum atomic E-state index is 12.7. The van der Waals surface area contributed by atoms with Gasteiger partial charge in [0, 0.05) is 0 Å². The zero-order valence-electron chi connectivity index (χ0n) is 12.0. The van der Waals surface area contributed by atoms with E-state index in [1.54, 1.807) is 25.3 Å². The summed E-state index contributed by atoms with van der Waals surface area (Å²) in [5, 5.41) is 5.16. The Morgan fingerprint density at radius 3 is 2.50 bits per heavy atom. The van der Waals surface area contributed by atoms with Crippen LogP contribution in [-0.2, 0) is 0 Å². The van der Waals surface area contributed by atoms with Crippen molar-refractivity contribution in [3.63, 3.8) is 0 Å². The molecule has 0 saturated carbocycles. The summed E-state index contributed by atoms with van der Waals surface area (Å²) in [5.74, 6) is 0.282. The highest BCUT2D eigenvalue weighted by Gasteiger charge is 2.17. The first-order valence-corrected chi connectivity index (χ1v) is 7.20. The molecule has 0 spiro atoms. The van der Waals surface area contributed by atoms with Crippen LogP contribution in [0.3, 0.4) is 0 Å². The van der Waals surface area contributed by atoms with Gasteiger partial charge in [-0.2, -0.15) is 0 Å². The summed E-state index contributed by atoms with van der Waals surface area (Å²) in [6, 6.07) is 18.6. The fraction of sp³-hybridized carbons (Fsp3) is 0.0556. The second-order valence-electron chi connectivity index (χ2n) is 4.80. The number of hydrogen-bond donors (Lipinski definition) is 1. The lowest BCUT2D eigenvalue weighted by molar-refractivity contribution is 0.102. The van der Waals surface area contributed by atoms with E-state index in [1.165, 1.54) is 0 Å².